The molecule has 132 valence electrons. The van der Waals surface area contributed by atoms with E-state index in [-0.39, 0.29) is 6.61 Å². The fourth-order valence-electron chi connectivity index (χ4n) is 2.95. The Kier molecular flexibility index (Phi) is 4.57. The highest BCUT2D eigenvalue weighted by Gasteiger charge is 2.32. The molecule has 0 N–H and O–H groups in total. The molecule has 0 unspecified atom stereocenters. The summed E-state index contributed by atoms with van der Waals surface area (Å²) in [5.74, 6) is 0.739. The Morgan fingerprint density at radius 1 is 1.08 bits per heavy atom. The highest BCUT2D eigenvalue weighted by molar-refractivity contribution is 5.74. The fourth-order valence-corrected chi connectivity index (χ4v) is 2.95. The number of hydrogen-bond donors (Lipinski definition) is 0. The van der Waals surface area contributed by atoms with Gasteiger partial charge in [0.1, 0.15) is 0 Å². The molecule has 0 fully saturated rings. The second kappa shape index (κ2) is 6.67. The maximum Gasteiger partial charge on any atom is 0.507 e. The number of ether oxygens (including phenoxy) is 4. The highest BCUT2D eigenvalue weighted by atomic mass is 16.7. The first-order valence-electron chi connectivity index (χ1n) is 8.21. The number of aryl methyl sites for hydroxylation is 1. The fraction of sp³-hybridized carbons (Fsp3) is 0.350. The number of carbonyl (C=O) groups is 1. The van der Waals surface area contributed by atoms with E-state index in [2.05, 4.69) is 23.8 Å². The van der Waals surface area contributed by atoms with E-state index in [1.54, 1.807) is 0 Å². The van der Waals surface area contributed by atoms with E-state index >= 15 is 0 Å². The normalized spacial score (nSPS) is 14.2. The molecule has 5 heteroatoms. The van der Waals surface area contributed by atoms with Gasteiger partial charge in [-0.1, -0.05) is 24.3 Å². The van der Waals surface area contributed by atoms with Gasteiger partial charge in [-0.3, -0.25) is 0 Å². The summed E-state index contributed by atoms with van der Waals surface area (Å²) in [7, 11) is 1.30. The monoisotopic (exact) mass is 342 g/mol. The molecule has 0 bridgehead atoms. The lowest BCUT2D eigenvalue weighted by Crippen LogP contribution is -2.29. The van der Waals surface area contributed by atoms with Crippen LogP contribution in [0.2, 0.25) is 0 Å². The number of fused-ring (bicyclic) bond motifs is 1. The molecule has 0 aromatic heterocycles. The predicted molar refractivity (Wildman–Crippen MR) is 94.0 cm³/mol. The van der Waals surface area contributed by atoms with Crippen molar-refractivity contribution in [3.05, 3.63) is 47.5 Å². The molecule has 0 atom stereocenters. The van der Waals surface area contributed by atoms with Crippen molar-refractivity contribution in [2.75, 3.05) is 13.7 Å². The second-order valence-electron chi connectivity index (χ2n) is 6.43. The number of benzene rings is 2. The quantitative estimate of drug-likeness (QED) is 0.766. The molecule has 1 heterocycles. The lowest BCUT2D eigenvalue weighted by Gasteiger charge is -2.16. The molecule has 0 spiro atoms. The molecule has 0 radical (unpaired) electrons. The molecule has 0 aliphatic carbocycles. The Labute approximate surface area is 147 Å². The van der Waals surface area contributed by atoms with E-state index in [4.69, 9.17) is 14.2 Å². The Bertz CT molecular complexity index is 795. The van der Waals surface area contributed by atoms with Crippen LogP contribution in [0.1, 0.15) is 25.0 Å². The van der Waals surface area contributed by atoms with E-state index in [0.717, 1.165) is 28.0 Å². The first kappa shape index (κ1) is 17.1. The summed E-state index contributed by atoms with van der Waals surface area (Å²) in [5, 5.41) is 0. The van der Waals surface area contributed by atoms with Crippen molar-refractivity contribution in [1.29, 1.82) is 0 Å². The van der Waals surface area contributed by atoms with Crippen LogP contribution in [0.4, 0.5) is 4.79 Å². The van der Waals surface area contributed by atoms with E-state index in [0.29, 0.717) is 12.2 Å². The zero-order chi connectivity index (χ0) is 18.0. The van der Waals surface area contributed by atoms with Gasteiger partial charge in [-0.25, -0.2) is 4.79 Å². The average molecular weight is 342 g/mol. The van der Waals surface area contributed by atoms with Gasteiger partial charge >= 0.3 is 6.16 Å². The van der Waals surface area contributed by atoms with E-state index < -0.39 is 11.9 Å². The Morgan fingerprint density at radius 3 is 2.44 bits per heavy atom. The molecule has 0 saturated carbocycles. The Morgan fingerprint density at radius 2 is 1.76 bits per heavy atom. The molecule has 2 aromatic carbocycles. The van der Waals surface area contributed by atoms with Crippen molar-refractivity contribution in [2.24, 2.45) is 0 Å². The van der Waals surface area contributed by atoms with Crippen molar-refractivity contribution in [1.82, 2.24) is 0 Å². The van der Waals surface area contributed by atoms with E-state index in [1.807, 2.05) is 38.1 Å². The standard InChI is InChI=1S/C20H22O5/c1-13-7-5-6-8-15(13)16-12-18-17(24-20(2,3)25-18)11-14(16)9-10-23-19(21)22-4/h5-8,11-12H,9-10H2,1-4H3. The molecule has 1 aliphatic rings. The summed E-state index contributed by atoms with van der Waals surface area (Å²) in [6, 6.07) is 12.1. The third-order valence-corrected chi connectivity index (χ3v) is 4.07. The SMILES string of the molecule is COC(=O)OCCc1cc2c(cc1-c1ccccc1C)OC(C)(C)O2. The summed E-state index contributed by atoms with van der Waals surface area (Å²) >= 11 is 0. The van der Waals surface area contributed by atoms with E-state index in [1.165, 1.54) is 7.11 Å². The van der Waals surface area contributed by atoms with Crippen molar-refractivity contribution in [2.45, 2.75) is 33.0 Å². The number of carbonyl (C=O) groups excluding carboxylic acids is 1. The smallest absolute Gasteiger partial charge is 0.449 e. The van der Waals surface area contributed by atoms with Crippen LogP contribution in [0.15, 0.2) is 36.4 Å². The van der Waals surface area contributed by atoms with Crippen LogP contribution >= 0.6 is 0 Å². The van der Waals surface area contributed by atoms with Crippen molar-refractivity contribution >= 4 is 6.16 Å². The molecule has 1 aliphatic heterocycles. The van der Waals surface area contributed by atoms with Crippen LogP contribution < -0.4 is 9.47 Å². The van der Waals surface area contributed by atoms with Gasteiger partial charge in [-0.05, 0) is 41.3 Å². The maximum absolute atomic E-state index is 11.2. The molecular weight excluding hydrogens is 320 g/mol. The molecule has 5 nitrogen and oxygen atoms in total. The molecule has 3 rings (SSSR count). The van der Waals surface area contributed by atoms with Crippen LogP contribution in [-0.4, -0.2) is 25.7 Å². The first-order chi connectivity index (χ1) is 11.9. The van der Waals surface area contributed by atoms with Crippen LogP contribution in [0.5, 0.6) is 11.5 Å². The van der Waals surface area contributed by atoms with Gasteiger partial charge in [0.2, 0.25) is 5.79 Å². The molecule has 25 heavy (non-hydrogen) atoms. The van der Waals surface area contributed by atoms with Gasteiger partial charge in [0.25, 0.3) is 0 Å². The predicted octanol–water partition coefficient (Wildman–Crippen LogP) is 4.49. The van der Waals surface area contributed by atoms with Gasteiger partial charge < -0.3 is 18.9 Å². The summed E-state index contributed by atoms with van der Waals surface area (Å²) in [4.78, 5) is 11.2. The van der Waals surface area contributed by atoms with Crippen LogP contribution in [0.25, 0.3) is 11.1 Å². The number of rotatable bonds is 4. The highest BCUT2D eigenvalue weighted by Crippen LogP contribution is 2.44. The minimum Gasteiger partial charge on any atom is -0.449 e. The van der Waals surface area contributed by atoms with Gasteiger partial charge in [0.05, 0.1) is 13.7 Å². The second-order valence-corrected chi connectivity index (χ2v) is 6.43. The summed E-state index contributed by atoms with van der Waals surface area (Å²) in [6.07, 6.45) is -0.130. The third-order valence-electron chi connectivity index (χ3n) is 4.07. The first-order valence-corrected chi connectivity index (χ1v) is 8.21. The van der Waals surface area contributed by atoms with Crippen molar-refractivity contribution < 1.29 is 23.7 Å². The molecule has 0 amide bonds. The van der Waals surface area contributed by atoms with E-state index in [9.17, 15) is 4.79 Å². The zero-order valence-corrected chi connectivity index (χ0v) is 14.9. The van der Waals surface area contributed by atoms with Crippen LogP contribution in [-0.2, 0) is 15.9 Å². The lowest BCUT2D eigenvalue weighted by molar-refractivity contribution is -0.0431. The van der Waals surface area contributed by atoms with Crippen molar-refractivity contribution in [3.8, 4) is 22.6 Å². The summed E-state index contributed by atoms with van der Waals surface area (Å²) in [5.41, 5.74) is 4.35. The van der Waals surface area contributed by atoms with Crippen LogP contribution in [0.3, 0.4) is 0 Å². The average Bonchev–Trinajstić information content (AvgIpc) is 2.87. The van der Waals surface area contributed by atoms with Crippen molar-refractivity contribution in [3.63, 3.8) is 0 Å². The number of hydrogen-bond acceptors (Lipinski definition) is 5. The Hall–Kier alpha value is -2.69. The summed E-state index contributed by atoms with van der Waals surface area (Å²) in [6.45, 7) is 6.05. The third kappa shape index (κ3) is 3.71. The van der Waals surface area contributed by atoms with Crippen LogP contribution in [0, 0.1) is 6.92 Å². The zero-order valence-electron chi connectivity index (χ0n) is 14.9. The van der Waals surface area contributed by atoms with Gasteiger partial charge in [-0.15, -0.1) is 0 Å². The van der Waals surface area contributed by atoms with Gasteiger partial charge in [-0.2, -0.15) is 0 Å². The maximum atomic E-state index is 11.2. The van der Waals surface area contributed by atoms with Gasteiger partial charge in [0.15, 0.2) is 11.5 Å². The molecular formula is C20H22O5. The summed E-state index contributed by atoms with van der Waals surface area (Å²) < 4.78 is 21.3. The lowest BCUT2D eigenvalue weighted by atomic mass is 9.94. The minimum absolute atomic E-state index is 0.231. The minimum atomic E-state index is -0.688. The van der Waals surface area contributed by atoms with Gasteiger partial charge in [0, 0.05) is 20.3 Å². The number of methoxy groups -OCH3 is 1. The largest absolute Gasteiger partial charge is 0.507 e. The topological polar surface area (TPSA) is 54.0 Å². The molecule has 0 saturated heterocycles. The molecule has 2 aromatic rings. The Balaban J connectivity index is 1.97.